The molecule has 148 valence electrons. The number of anilines is 2. The van der Waals surface area contributed by atoms with Gasteiger partial charge in [0.1, 0.15) is 11.3 Å². The van der Waals surface area contributed by atoms with Crippen molar-refractivity contribution in [3.05, 3.63) is 38.5 Å². The molecule has 0 spiro atoms. The molecule has 1 saturated carbocycles. The number of fused-ring (bicyclic) bond motifs is 1. The van der Waals surface area contributed by atoms with E-state index in [1.54, 1.807) is 0 Å². The van der Waals surface area contributed by atoms with Crippen LogP contribution in [0.15, 0.2) is 16.2 Å². The molecule has 3 N–H and O–H groups in total. The Morgan fingerprint density at radius 1 is 1.18 bits per heavy atom. The summed E-state index contributed by atoms with van der Waals surface area (Å²) in [6.45, 7) is 0.437. The Kier molecular flexibility index (Phi) is 4.28. The van der Waals surface area contributed by atoms with E-state index < -0.39 is 45.7 Å². The molecule has 1 aromatic carbocycles. The fourth-order valence-corrected chi connectivity index (χ4v) is 3.82. The van der Waals surface area contributed by atoms with E-state index in [-0.39, 0.29) is 30.3 Å². The molecule has 0 unspecified atom stereocenters. The molecule has 1 aliphatic heterocycles. The highest BCUT2D eigenvalue weighted by atomic mass is 19.1. The average Bonchev–Trinajstić information content (AvgIpc) is 3.51. The number of benzene rings is 1. The zero-order valence-corrected chi connectivity index (χ0v) is 14.8. The third-order valence-electron chi connectivity index (χ3n) is 5.46. The minimum Gasteiger partial charge on any atom is -0.477 e. The number of nitroso groups, excluding NO2 is 1. The van der Waals surface area contributed by atoms with Crippen molar-refractivity contribution >= 4 is 28.2 Å². The lowest BCUT2D eigenvalue weighted by molar-refractivity contribution is 0.0695. The highest BCUT2D eigenvalue weighted by molar-refractivity contribution is 5.99. The van der Waals surface area contributed by atoms with Crippen LogP contribution < -0.4 is 16.1 Å². The number of aromatic carboxylic acids is 1. The number of aromatic nitrogens is 1. The standard InChI is InChI=1S/C18H18F2N4O4/c19-12-14(21)11-15(13(20)16(12)23-5-3-8(22-28)4-6-23)24(9-1-2-9)7-10(17(11)25)18(26)27/h7-9H,1-6,21H2,(H,26,27). The van der Waals surface area contributed by atoms with Crippen molar-refractivity contribution in [2.24, 2.45) is 5.18 Å². The van der Waals surface area contributed by atoms with Crippen molar-refractivity contribution in [2.75, 3.05) is 23.7 Å². The number of hydrogen-bond acceptors (Lipinski definition) is 6. The summed E-state index contributed by atoms with van der Waals surface area (Å²) in [5.74, 6) is -3.52. The molecule has 0 atom stereocenters. The van der Waals surface area contributed by atoms with E-state index in [1.165, 1.54) is 9.47 Å². The Labute approximate surface area is 157 Å². The monoisotopic (exact) mass is 392 g/mol. The van der Waals surface area contributed by atoms with Gasteiger partial charge in [-0.2, -0.15) is 4.91 Å². The lowest BCUT2D eigenvalue weighted by atomic mass is 10.0. The maximum atomic E-state index is 15.5. The van der Waals surface area contributed by atoms with Gasteiger partial charge < -0.3 is 20.3 Å². The van der Waals surface area contributed by atoms with Gasteiger partial charge in [-0.3, -0.25) is 4.79 Å². The first-order chi connectivity index (χ1) is 13.3. The molecule has 1 aromatic heterocycles. The summed E-state index contributed by atoms with van der Waals surface area (Å²) in [4.78, 5) is 36.2. The average molecular weight is 392 g/mol. The minimum atomic E-state index is -1.48. The SMILES string of the molecule is Nc1c(F)c(N2CCC(N=O)CC2)c(F)c2c1c(=O)c(C(=O)O)cn2C1CC1. The highest BCUT2D eigenvalue weighted by Crippen LogP contribution is 2.42. The molecule has 28 heavy (non-hydrogen) atoms. The van der Waals surface area contributed by atoms with Crippen LogP contribution in [-0.2, 0) is 0 Å². The molecule has 0 radical (unpaired) electrons. The first kappa shape index (κ1) is 18.3. The van der Waals surface area contributed by atoms with Crippen LogP contribution in [0.5, 0.6) is 0 Å². The van der Waals surface area contributed by atoms with Crippen molar-refractivity contribution in [3.8, 4) is 0 Å². The molecule has 10 heteroatoms. The van der Waals surface area contributed by atoms with E-state index in [9.17, 15) is 19.6 Å². The van der Waals surface area contributed by atoms with Gasteiger partial charge in [0.05, 0.1) is 22.6 Å². The number of carbonyl (C=O) groups is 1. The number of pyridine rings is 1. The summed E-state index contributed by atoms with van der Waals surface area (Å²) < 4.78 is 31.9. The maximum absolute atomic E-state index is 15.5. The second-order valence-electron chi connectivity index (χ2n) is 7.25. The lowest BCUT2D eigenvalue weighted by Crippen LogP contribution is -2.36. The first-order valence-electron chi connectivity index (χ1n) is 9.01. The quantitative estimate of drug-likeness (QED) is 0.610. The Morgan fingerprint density at radius 2 is 1.82 bits per heavy atom. The molecule has 1 saturated heterocycles. The summed E-state index contributed by atoms with van der Waals surface area (Å²) in [6.07, 6.45) is 3.21. The van der Waals surface area contributed by atoms with Crippen LogP contribution in [0.1, 0.15) is 42.1 Å². The third kappa shape index (κ3) is 2.71. The van der Waals surface area contributed by atoms with E-state index in [2.05, 4.69) is 5.18 Å². The third-order valence-corrected chi connectivity index (χ3v) is 5.46. The summed E-state index contributed by atoms with van der Waals surface area (Å²) in [6, 6.07) is -0.568. The van der Waals surface area contributed by atoms with Crippen LogP contribution in [0, 0.1) is 16.5 Å². The predicted molar refractivity (Wildman–Crippen MR) is 98.8 cm³/mol. The van der Waals surface area contributed by atoms with Gasteiger partial charge in [-0.1, -0.05) is 5.18 Å². The molecule has 4 rings (SSSR count). The van der Waals surface area contributed by atoms with Gasteiger partial charge in [0.25, 0.3) is 0 Å². The number of rotatable bonds is 4. The number of hydrogen-bond donors (Lipinski definition) is 2. The lowest BCUT2D eigenvalue weighted by Gasteiger charge is -2.32. The molecule has 8 nitrogen and oxygen atoms in total. The van der Waals surface area contributed by atoms with Gasteiger partial charge in [0.2, 0.25) is 5.43 Å². The number of carboxylic acid groups (broad SMARTS) is 1. The van der Waals surface area contributed by atoms with Crippen LogP contribution in [0.25, 0.3) is 10.9 Å². The zero-order chi connectivity index (χ0) is 20.2. The number of nitrogen functional groups attached to an aromatic ring is 1. The Morgan fingerprint density at radius 3 is 2.36 bits per heavy atom. The Balaban J connectivity index is 1.98. The fraction of sp³-hybridized carbons (Fsp3) is 0.444. The number of nitrogens with two attached hydrogens (primary N) is 1. The van der Waals surface area contributed by atoms with Crippen LogP contribution >= 0.6 is 0 Å². The first-order valence-corrected chi connectivity index (χ1v) is 9.01. The van der Waals surface area contributed by atoms with E-state index in [4.69, 9.17) is 5.73 Å². The van der Waals surface area contributed by atoms with Crippen LogP contribution in [0.3, 0.4) is 0 Å². The Bertz CT molecular complexity index is 1060. The van der Waals surface area contributed by atoms with Crippen molar-refractivity contribution in [2.45, 2.75) is 37.8 Å². The summed E-state index contributed by atoms with van der Waals surface area (Å²) in [7, 11) is 0. The summed E-state index contributed by atoms with van der Waals surface area (Å²) >= 11 is 0. The number of carboxylic acids is 1. The molecular weight excluding hydrogens is 374 g/mol. The molecule has 1 aliphatic carbocycles. The number of nitrogens with zero attached hydrogens (tertiary/aromatic N) is 3. The highest BCUT2D eigenvalue weighted by Gasteiger charge is 2.33. The van der Waals surface area contributed by atoms with Gasteiger partial charge in [0.15, 0.2) is 11.6 Å². The largest absolute Gasteiger partial charge is 0.477 e. The van der Waals surface area contributed by atoms with Crippen molar-refractivity contribution < 1.29 is 18.7 Å². The molecular formula is C18H18F2N4O4. The van der Waals surface area contributed by atoms with Gasteiger partial charge in [-0.15, -0.1) is 0 Å². The van der Waals surface area contributed by atoms with Crippen molar-refractivity contribution in [3.63, 3.8) is 0 Å². The minimum absolute atomic E-state index is 0.168. The molecule has 2 fully saturated rings. The van der Waals surface area contributed by atoms with Crippen LogP contribution in [0.2, 0.25) is 0 Å². The molecule has 2 heterocycles. The van der Waals surface area contributed by atoms with E-state index in [1.807, 2.05) is 0 Å². The smallest absolute Gasteiger partial charge is 0.341 e. The number of halogens is 2. The summed E-state index contributed by atoms with van der Waals surface area (Å²) in [5.41, 5.74) is 3.18. The predicted octanol–water partition coefficient (Wildman–Crippen LogP) is 2.63. The van der Waals surface area contributed by atoms with E-state index in [0.29, 0.717) is 25.7 Å². The second kappa shape index (κ2) is 6.54. The van der Waals surface area contributed by atoms with Gasteiger partial charge >= 0.3 is 5.97 Å². The molecule has 0 amide bonds. The van der Waals surface area contributed by atoms with Crippen LogP contribution in [0.4, 0.5) is 20.2 Å². The fourth-order valence-electron chi connectivity index (χ4n) is 3.82. The Hall–Kier alpha value is -3.04. The van der Waals surface area contributed by atoms with Gasteiger partial charge in [0, 0.05) is 25.3 Å². The van der Waals surface area contributed by atoms with Gasteiger partial charge in [-0.05, 0) is 25.7 Å². The molecule has 2 aliphatic rings. The molecule has 0 bridgehead atoms. The van der Waals surface area contributed by atoms with Crippen molar-refractivity contribution in [1.29, 1.82) is 0 Å². The van der Waals surface area contributed by atoms with Crippen LogP contribution in [-0.4, -0.2) is 34.8 Å². The number of piperidine rings is 1. The van der Waals surface area contributed by atoms with E-state index in [0.717, 1.165) is 6.20 Å². The zero-order valence-electron chi connectivity index (χ0n) is 14.8. The normalized spacial score (nSPS) is 17.9. The topological polar surface area (TPSA) is 118 Å². The van der Waals surface area contributed by atoms with Gasteiger partial charge in [-0.25, -0.2) is 13.6 Å². The second-order valence-corrected chi connectivity index (χ2v) is 7.25. The summed E-state index contributed by atoms with van der Waals surface area (Å²) in [5, 5.41) is 11.8. The maximum Gasteiger partial charge on any atom is 0.341 e. The van der Waals surface area contributed by atoms with Crippen molar-refractivity contribution in [1.82, 2.24) is 4.57 Å². The molecule has 2 aromatic rings. The van der Waals surface area contributed by atoms with E-state index >= 15 is 8.78 Å².